The molecule has 1 amide bonds. The number of hydrogen-bond acceptors (Lipinski definition) is 3. The number of carbonyl (C=O) groups is 1. The van der Waals surface area contributed by atoms with Crippen molar-refractivity contribution in [1.82, 2.24) is 0 Å². The minimum absolute atomic E-state index is 0.394. The first-order valence-corrected chi connectivity index (χ1v) is 3.34. The van der Waals surface area contributed by atoms with Crippen molar-refractivity contribution >= 4 is 5.91 Å². The monoisotopic (exact) mass is 164 g/mol. The van der Waals surface area contributed by atoms with Crippen LogP contribution < -0.4 is 4.74 Å². The summed E-state index contributed by atoms with van der Waals surface area (Å²) in [6.45, 7) is 0. The molecule has 0 radical (unpaired) electrons. The number of carbonyl (C=O) groups excluding carboxylic acids is 1. The maximum Gasteiger partial charge on any atom is 0.294 e. The Morgan fingerprint density at radius 3 is 2.42 bits per heavy atom. The maximum absolute atomic E-state index is 10.8. The van der Waals surface area contributed by atoms with Gasteiger partial charge in [-0.3, -0.25) is 4.79 Å². The van der Waals surface area contributed by atoms with E-state index in [0.29, 0.717) is 11.3 Å². The summed E-state index contributed by atoms with van der Waals surface area (Å²) < 4.78 is 4.89. The number of nitrogens with one attached hydrogen (secondary N) is 1. The first-order valence-electron chi connectivity index (χ1n) is 3.34. The zero-order valence-electron chi connectivity index (χ0n) is 6.57. The zero-order chi connectivity index (χ0) is 8.97. The van der Waals surface area contributed by atoms with Gasteiger partial charge in [-0.25, -0.2) is 5.53 Å². The highest BCUT2D eigenvalue weighted by Crippen LogP contribution is 2.11. The number of hydrogen-bond donors (Lipinski definition) is 1. The molecule has 0 bridgehead atoms. The first kappa shape index (κ1) is 8.39. The second-order valence-corrected chi connectivity index (χ2v) is 2.15. The van der Waals surface area contributed by atoms with Crippen LogP contribution in [0.25, 0.3) is 0 Å². The van der Waals surface area contributed by atoms with E-state index in [-0.39, 0.29) is 0 Å². The van der Waals surface area contributed by atoms with Gasteiger partial charge in [-0.15, -0.1) is 5.11 Å². The molecule has 0 aliphatic heterocycles. The minimum Gasteiger partial charge on any atom is -0.497 e. The fourth-order valence-electron chi connectivity index (χ4n) is 0.798. The molecule has 62 valence electrons. The van der Waals surface area contributed by atoms with Gasteiger partial charge in [-0.05, 0) is 24.3 Å². The van der Waals surface area contributed by atoms with Crippen LogP contribution in [0.15, 0.2) is 29.4 Å². The summed E-state index contributed by atoms with van der Waals surface area (Å²) in [5.41, 5.74) is 6.88. The van der Waals surface area contributed by atoms with Crippen molar-refractivity contribution in [3.8, 4) is 5.75 Å². The SMILES string of the molecule is COc1ccc(C(=O)N=N)cc1. The van der Waals surface area contributed by atoms with Gasteiger partial charge in [-0.2, -0.15) is 0 Å². The molecule has 0 heterocycles. The lowest BCUT2D eigenvalue weighted by Crippen LogP contribution is -1.92. The van der Waals surface area contributed by atoms with Crippen LogP contribution in [0.5, 0.6) is 5.75 Å². The van der Waals surface area contributed by atoms with E-state index < -0.39 is 5.91 Å². The highest BCUT2D eigenvalue weighted by atomic mass is 16.5. The molecule has 12 heavy (non-hydrogen) atoms. The summed E-state index contributed by atoms with van der Waals surface area (Å²) in [7, 11) is 1.55. The molecule has 1 aromatic rings. The highest BCUT2D eigenvalue weighted by molar-refractivity contribution is 5.94. The van der Waals surface area contributed by atoms with Gasteiger partial charge < -0.3 is 4.74 Å². The van der Waals surface area contributed by atoms with E-state index in [1.54, 1.807) is 31.4 Å². The fraction of sp³-hybridized carbons (Fsp3) is 0.125. The van der Waals surface area contributed by atoms with Crippen LogP contribution in [-0.4, -0.2) is 13.0 Å². The lowest BCUT2D eigenvalue weighted by atomic mass is 10.2. The Kier molecular flexibility index (Phi) is 2.53. The summed E-state index contributed by atoms with van der Waals surface area (Å²) >= 11 is 0. The van der Waals surface area contributed by atoms with Crippen molar-refractivity contribution in [2.45, 2.75) is 0 Å². The fourth-order valence-corrected chi connectivity index (χ4v) is 0.798. The zero-order valence-corrected chi connectivity index (χ0v) is 6.57. The molecule has 0 aliphatic carbocycles. The van der Waals surface area contributed by atoms with Crippen LogP contribution in [0.4, 0.5) is 0 Å². The van der Waals surface area contributed by atoms with Crippen molar-refractivity contribution in [3.63, 3.8) is 0 Å². The Balaban J connectivity index is 2.91. The Hall–Kier alpha value is -1.71. The lowest BCUT2D eigenvalue weighted by molar-refractivity contribution is 0.0991. The first-order chi connectivity index (χ1) is 5.77. The normalized spacial score (nSPS) is 9.08. The molecule has 1 aromatic carbocycles. The molecule has 0 saturated carbocycles. The third-order valence-corrected chi connectivity index (χ3v) is 1.44. The molecule has 1 N–H and O–H groups in total. The third-order valence-electron chi connectivity index (χ3n) is 1.44. The van der Waals surface area contributed by atoms with Gasteiger partial charge in [0.05, 0.1) is 7.11 Å². The summed E-state index contributed by atoms with van der Waals surface area (Å²) in [4.78, 5) is 10.8. The third kappa shape index (κ3) is 1.66. The van der Waals surface area contributed by atoms with Crippen molar-refractivity contribution in [2.24, 2.45) is 5.11 Å². The molecule has 4 nitrogen and oxygen atoms in total. The van der Waals surface area contributed by atoms with Crippen LogP contribution in [0.1, 0.15) is 10.4 Å². The highest BCUT2D eigenvalue weighted by Gasteiger charge is 2.02. The lowest BCUT2D eigenvalue weighted by Gasteiger charge is -1.98. The predicted octanol–water partition coefficient (Wildman–Crippen LogP) is 1.87. The second kappa shape index (κ2) is 3.61. The van der Waals surface area contributed by atoms with E-state index in [2.05, 4.69) is 5.11 Å². The second-order valence-electron chi connectivity index (χ2n) is 2.15. The Morgan fingerprint density at radius 2 is 2.00 bits per heavy atom. The maximum atomic E-state index is 10.8. The van der Waals surface area contributed by atoms with Crippen molar-refractivity contribution in [1.29, 1.82) is 5.53 Å². The standard InChI is InChI=1S/C8H8N2O2/c1-12-7-4-2-6(3-5-7)8(11)10-9/h2-5,9H,1H3. The molecule has 0 aromatic heterocycles. The molecule has 0 fully saturated rings. The summed E-state index contributed by atoms with van der Waals surface area (Å²) in [6, 6.07) is 6.44. The summed E-state index contributed by atoms with van der Waals surface area (Å²) in [5.74, 6) is 0.134. The molecule has 0 atom stereocenters. The number of methoxy groups -OCH3 is 1. The Morgan fingerprint density at radius 1 is 1.42 bits per heavy atom. The van der Waals surface area contributed by atoms with Crippen molar-refractivity contribution in [3.05, 3.63) is 29.8 Å². The van der Waals surface area contributed by atoms with Crippen LogP contribution in [-0.2, 0) is 0 Å². The van der Waals surface area contributed by atoms with Crippen LogP contribution in [0, 0.1) is 5.53 Å². The number of ether oxygens (including phenoxy) is 1. The smallest absolute Gasteiger partial charge is 0.294 e. The predicted molar refractivity (Wildman–Crippen MR) is 42.5 cm³/mol. The number of benzene rings is 1. The van der Waals surface area contributed by atoms with E-state index in [0.717, 1.165) is 0 Å². The number of rotatable bonds is 2. The number of nitrogens with zero attached hydrogens (tertiary/aromatic N) is 1. The van der Waals surface area contributed by atoms with Crippen LogP contribution in [0.3, 0.4) is 0 Å². The summed E-state index contributed by atoms with van der Waals surface area (Å²) in [6.07, 6.45) is 0. The topological polar surface area (TPSA) is 62.5 Å². The molecule has 0 spiro atoms. The molecule has 4 heteroatoms. The molecule has 1 rings (SSSR count). The van der Waals surface area contributed by atoms with Gasteiger partial charge in [0.1, 0.15) is 5.75 Å². The van der Waals surface area contributed by atoms with Gasteiger partial charge in [0.15, 0.2) is 0 Å². The van der Waals surface area contributed by atoms with Crippen molar-refractivity contribution in [2.75, 3.05) is 7.11 Å². The Labute approximate surface area is 69.7 Å². The molecule has 0 unspecified atom stereocenters. The van der Waals surface area contributed by atoms with Crippen LogP contribution in [0.2, 0.25) is 0 Å². The van der Waals surface area contributed by atoms with E-state index >= 15 is 0 Å². The van der Waals surface area contributed by atoms with Gasteiger partial charge in [-0.1, -0.05) is 0 Å². The molecular formula is C8H8N2O2. The van der Waals surface area contributed by atoms with Gasteiger partial charge in [0, 0.05) is 5.56 Å². The van der Waals surface area contributed by atoms with Gasteiger partial charge in [0.2, 0.25) is 0 Å². The molecular weight excluding hydrogens is 156 g/mol. The largest absolute Gasteiger partial charge is 0.497 e. The number of amides is 1. The van der Waals surface area contributed by atoms with E-state index in [9.17, 15) is 4.79 Å². The quantitative estimate of drug-likeness (QED) is 0.678. The molecule has 0 saturated heterocycles. The van der Waals surface area contributed by atoms with E-state index in [4.69, 9.17) is 10.3 Å². The Bertz CT molecular complexity index is 292. The minimum atomic E-state index is -0.544. The average molecular weight is 164 g/mol. The summed E-state index contributed by atoms with van der Waals surface area (Å²) in [5, 5.41) is 2.78. The van der Waals surface area contributed by atoms with Gasteiger partial charge in [0.25, 0.3) is 5.91 Å². The van der Waals surface area contributed by atoms with Crippen molar-refractivity contribution < 1.29 is 9.53 Å². The van der Waals surface area contributed by atoms with Gasteiger partial charge >= 0.3 is 0 Å². The van der Waals surface area contributed by atoms with Crippen LogP contribution >= 0.6 is 0 Å². The molecule has 0 aliphatic rings. The average Bonchev–Trinajstić information content (AvgIpc) is 2.17. The van der Waals surface area contributed by atoms with E-state index in [1.807, 2.05) is 0 Å². The van der Waals surface area contributed by atoms with E-state index in [1.165, 1.54) is 0 Å².